The fraction of sp³-hybridized carbons (Fsp3) is 0.462. The predicted molar refractivity (Wildman–Crippen MR) is 123 cm³/mol. The Labute approximate surface area is 201 Å². The molecule has 170 valence electrons. The van der Waals surface area contributed by atoms with Gasteiger partial charge in [-0.2, -0.15) is 0 Å². The number of hydrogen-bond donors (Lipinski definition) is 0. The van der Waals surface area contributed by atoms with Crippen LogP contribution in [0.5, 0.6) is 0 Å². The molecule has 0 fully saturated rings. The number of carbonyl (C=O) groups excluding carboxylic acids is 1. The number of ketones is 1. The molecule has 4 nitrogen and oxygen atoms in total. The summed E-state index contributed by atoms with van der Waals surface area (Å²) < 4.78 is 0. The predicted octanol–water partition coefficient (Wildman–Crippen LogP) is 4.75. The third-order valence-corrected chi connectivity index (χ3v) is 5.05. The SMILES string of the molecule is CC(=O)/C=C(/C)[O-].CC(C)(C)[C@H]1CN(C(C)(C)C)C(c2[c-]ccc3ccccc23)=N1.[Pd+2]. The Morgan fingerprint density at radius 3 is 2.23 bits per heavy atom. The third-order valence-electron chi connectivity index (χ3n) is 5.05. The summed E-state index contributed by atoms with van der Waals surface area (Å²) in [5.74, 6) is 0.717. The van der Waals surface area contributed by atoms with E-state index in [1.165, 1.54) is 24.6 Å². The molecule has 31 heavy (non-hydrogen) atoms. The maximum absolute atomic E-state index is 9.98. The summed E-state index contributed by atoms with van der Waals surface area (Å²) in [5.41, 5.74) is 1.34. The van der Waals surface area contributed by atoms with Gasteiger partial charge >= 0.3 is 20.4 Å². The van der Waals surface area contributed by atoms with Crippen molar-refractivity contribution in [2.24, 2.45) is 10.4 Å². The summed E-state index contributed by atoms with van der Waals surface area (Å²) >= 11 is 0. The van der Waals surface area contributed by atoms with E-state index >= 15 is 0 Å². The summed E-state index contributed by atoms with van der Waals surface area (Å²) in [7, 11) is 0. The van der Waals surface area contributed by atoms with Crippen LogP contribution in [0.1, 0.15) is 61.0 Å². The van der Waals surface area contributed by atoms with Crippen LogP contribution in [0, 0.1) is 11.5 Å². The van der Waals surface area contributed by atoms with Crippen molar-refractivity contribution in [3.63, 3.8) is 0 Å². The molecule has 1 aliphatic heterocycles. The van der Waals surface area contributed by atoms with Crippen LogP contribution in [-0.4, -0.2) is 34.6 Å². The zero-order valence-corrected chi connectivity index (χ0v) is 21.4. The third kappa shape index (κ3) is 7.30. The van der Waals surface area contributed by atoms with Gasteiger partial charge in [0.25, 0.3) is 0 Å². The Morgan fingerprint density at radius 2 is 1.74 bits per heavy atom. The summed E-state index contributed by atoms with van der Waals surface area (Å²) in [5, 5.41) is 12.5. The molecular weight excluding hydrogens is 479 g/mol. The summed E-state index contributed by atoms with van der Waals surface area (Å²) in [6.07, 6.45) is 1.06. The zero-order chi connectivity index (χ0) is 22.7. The van der Waals surface area contributed by atoms with Crippen molar-refractivity contribution in [3.8, 4) is 0 Å². The van der Waals surface area contributed by atoms with Gasteiger partial charge < -0.3 is 15.0 Å². The van der Waals surface area contributed by atoms with Crippen LogP contribution < -0.4 is 5.11 Å². The molecule has 0 amide bonds. The van der Waals surface area contributed by atoms with Gasteiger partial charge in [-0.25, -0.2) is 0 Å². The van der Waals surface area contributed by atoms with Gasteiger partial charge in [0, 0.05) is 17.9 Å². The van der Waals surface area contributed by atoms with E-state index in [2.05, 4.69) is 82.8 Å². The normalized spacial score (nSPS) is 16.9. The molecule has 0 N–H and O–H groups in total. The number of hydrogen-bond acceptors (Lipinski definition) is 4. The summed E-state index contributed by atoms with van der Waals surface area (Å²) in [6, 6.07) is 16.4. The van der Waals surface area contributed by atoms with Crippen LogP contribution in [0.25, 0.3) is 10.8 Å². The minimum atomic E-state index is -0.187. The minimum Gasteiger partial charge on any atom is -0.876 e. The molecule has 0 aliphatic carbocycles. The van der Waals surface area contributed by atoms with Gasteiger partial charge in [0.2, 0.25) is 0 Å². The fourth-order valence-electron chi connectivity index (χ4n) is 3.41. The molecule has 0 aromatic heterocycles. The Balaban J connectivity index is 0.000000523. The van der Waals surface area contributed by atoms with Crippen LogP contribution >= 0.6 is 0 Å². The van der Waals surface area contributed by atoms with E-state index in [9.17, 15) is 9.90 Å². The van der Waals surface area contributed by atoms with E-state index in [4.69, 9.17) is 4.99 Å². The molecule has 0 unspecified atom stereocenters. The second-order valence-electron chi connectivity index (χ2n) is 9.92. The molecule has 2 aromatic carbocycles. The average Bonchev–Trinajstić information content (AvgIpc) is 3.06. The van der Waals surface area contributed by atoms with Gasteiger partial charge in [0.05, 0.1) is 6.04 Å². The van der Waals surface area contributed by atoms with Crippen LogP contribution in [-0.2, 0) is 25.2 Å². The number of aliphatic imine (C=N–C) groups is 1. The number of carbonyl (C=O) groups is 1. The molecule has 0 saturated carbocycles. The number of benzene rings is 2. The topological polar surface area (TPSA) is 55.7 Å². The maximum atomic E-state index is 9.98. The van der Waals surface area contributed by atoms with Crippen LogP contribution in [0.4, 0.5) is 0 Å². The number of rotatable bonds is 2. The van der Waals surface area contributed by atoms with Crippen molar-refractivity contribution in [2.45, 2.75) is 67.0 Å². The number of nitrogens with zero attached hydrogens (tertiary/aromatic N) is 2. The Bertz CT molecular complexity index is 956. The van der Waals surface area contributed by atoms with Crippen molar-refractivity contribution >= 4 is 22.4 Å². The van der Waals surface area contributed by atoms with Crippen molar-refractivity contribution in [2.75, 3.05) is 6.54 Å². The second kappa shape index (κ2) is 10.6. The van der Waals surface area contributed by atoms with Gasteiger partial charge in [0.15, 0.2) is 5.78 Å². The van der Waals surface area contributed by atoms with E-state index in [-0.39, 0.29) is 42.9 Å². The molecule has 1 aliphatic rings. The number of allylic oxidation sites excluding steroid dienone is 2. The van der Waals surface area contributed by atoms with Gasteiger partial charge in [-0.05, 0) is 39.2 Å². The Morgan fingerprint density at radius 1 is 1.13 bits per heavy atom. The average molecular weight is 513 g/mol. The smallest absolute Gasteiger partial charge is 0.876 e. The van der Waals surface area contributed by atoms with E-state index in [0.717, 1.165) is 24.0 Å². The standard InChI is InChI=1S/C21H27N2.C5H8O2.Pd/c1-20(2,3)18-14-23(21(4,5)6)19(22-18)17-13-9-11-15-10-7-8-12-16(15)17;1-4(6)3-5(2)7;/h7-12,18H,14H2,1-6H3;3,6H,1-2H3;/q-1;;+2/p-1/b;4-3-;/t18-;;/m1../s1. The molecule has 0 spiro atoms. The van der Waals surface area contributed by atoms with Gasteiger partial charge in [-0.15, -0.1) is 34.9 Å². The van der Waals surface area contributed by atoms with E-state index in [0.29, 0.717) is 6.04 Å². The van der Waals surface area contributed by atoms with Crippen LogP contribution in [0.3, 0.4) is 0 Å². The van der Waals surface area contributed by atoms with Crippen LogP contribution in [0.15, 0.2) is 53.2 Å². The number of fused-ring (bicyclic) bond motifs is 1. The summed E-state index contributed by atoms with van der Waals surface area (Å²) in [4.78, 5) is 17.6. The maximum Gasteiger partial charge on any atom is 2.00 e. The van der Waals surface area contributed by atoms with Gasteiger partial charge in [-0.1, -0.05) is 57.3 Å². The van der Waals surface area contributed by atoms with Crippen LogP contribution in [0.2, 0.25) is 0 Å². The molecule has 1 atom stereocenters. The molecule has 1 heterocycles. The minimum absolute atomic E-state index is 0. The molecule has 5 heteroatoms. The van der Waals surface area contributed by atoms with Crippen molar-refractivity contribution in [1.29, 1.82) is 0 Å². The Hall–Kier alpha value is -1.96. The molecule has 0 radical (unpaired) electrons. The first-order chi connectivity index (χ1) is 13.8. The monoisotopic (exact) mass is 512 g/mol. The van der Waals surface area contributed by atoms with Gasteiger partial charge in [-0.3, -0.25) is 4.79 Å². The summed E-state index contributed by atoms with van der Waals surface area (Å²) in [6.45, 7) is 17.3. The van der Waals surface area contributed by atoms with Crippen molar-refractivity contribution < 1.29 is 30.3 Å². The molecular formula is C26H34N2O2Pd. The molecule has 0 bridgehead atoms. The van der Waals surface area contributed by atoms with E-state index in [1.54, 1.807) is 0 Å². The first-order valence-electron chi connectivity index (χ1n) is 10.4. The van der Waals surface area contributed by atoms with E-state index in [1.807, 2.05) is 6.07 Å². The molecule has 0 saturated heterocycles. The van der Waals surface area contributed by atoms with Gasteiger partial charge in [0.1, 0.15) is 0 Å². The zero-order valence-electron chi connectivity index (χ0n) is 19.9. The van der Waals surface area contributed by atoms with Crippen molar-refractivity contribution in [3.05, 3.63) is 59.9 Å². The number of amidine groups is 1. The first kappa shape index (κ1) is 27.1. The fourth-order valence-corrected chi connectivity index (χ4v) is 3.41. The molecule has 2 aromatic rings. The van der Waals surface area contributed by atoms with Crippen molar-refractivity contribution in [1.82, 2.24) is 4.90 Å². The second-order valence-corrected chi connectivity index (χ2v) is 9.92. The largest absolute Gasteiger partial charge is 2.00 e. The Kier molecular flexibility index (Phi) is 9.23. The molecule has 3 rings (SSSR count). The van der Waals surface area contributed by atoms with E-state index < -0.39 is 0 Å². The quantitative estimate of drug-likeness (QED) is 0.252. The first-order valence-corrected chi connectivity index (χ1v) is 10.4.